The lowest BCUT2D eigenvalue weighted by Crippen LogP contribution is -2.51. The van der Waals surface area contributed by atoms with Crippen LogP contribution in [0.25, 0.3) is 0 Å². The van der Waals surface area contributed by atoms with Gasteiger partial charge in [0.05, 0.1) is 0 Å². The average Bonchev–Trinajstić information content (AvgIpc) is 3.11. The van der Waals surface area contributed by atoms with E-state index < -0.39 is 10.0 Å². The Balaban J connectivity index is 1.47. The molecule has 1 N–H and O–H groups in total. The van der Waals surface area contributed by atoms with Crippen LogP contribution in [0, 0.1) is 13.8 Å². The van der Waals surface area contributed by atoms with E-state index in [0.717, 1.165) is 5.56 Å². The Morgan fingerprint density at radius 2 is 1.67 bits per heavy atom. The van der Waals surface area contributed by atoms with Crippen molar-refractivity contribution in [2.45, 2.75) is 51.3 Å². The summed E-state index contributed by atoms with van der Waals surface area (Å²) in [6, 6.07) is 7.46. The molecule has 2 aromatic rings. The van der Waals surface area contributed by atoms with Gasteiger partial charge in [-0.1, -0.05) is 38.1 Å². The van der Waals surface area contributed by atoms with Crippen LogP contribution in [-0.4, -0.2) is 67.3 Å². The molecule has 0 unspecified atom stereocenters. The molecule has 0 atom stereocenters. The van der Waals surface area contributed by atoms with Crippen molar-refractivity contribution in [3.05, 3.63) is 46.8 Å². The molecule has 1 aliphatic rings. The van der Waals surface area contributed by atoms with Gasteiger partial charge in [0.15, 0.2) is 5.76 Å². The summed E-state index contributed by atoms with van der Waals surface area (Å²) in [5.74, 6) is -0.0822. The van der Waals surface area contributed by atoms with Crippen molar-refractivity contribution in [2.24, 2.45) is 0 Å². The largest absolute Gasteiger partial charge is 0.360 e. The van der Waals surface area contributed by atoms with E-state index in [1.54, 1.807) is 30.9 Å². The van der Waals surface area contributed by atoms with Crippen LogP contribution >= 0.6 is 0 Å². The Bertz CT molecular complexity index is 1090. The number of hydrogen-bond acceptors (Lipinski definition) is 6. The highest BCUT2D eigenvalue weighted by atomic mass is 32.2. The van der Waals surface area contributed by atoms with Gasteiger partial charge in [-0.05, 0) is 37.0 Å². The molecule has 33 heavy (non-hydrogen) atoms. The number of benzene rings is 1. The van der Waals surface area contributed by atoms with Crippen molar-refractivity contribution in [3.63, 3.8) is 0 Å². The molecule has 0 aliphatic carbocycles. The van der Waals surface area contributed by atoms with E-state index in [4.69, 9.17) is 4.52 Å². The molecule has 0 radical (unpaired) electrons. The zero-order valence-corrected chi connectivity index (χ0v) is 20.7. The number of aromatic nitrogens is 1. The third kappa shape index (κ3) is 5.62. The summed E-state index contributed by atoms with van der Waals surface area (Å²) in [6.07, 6.45) is 0.155. The smallest absolute Gasteiger partial charge is 0.251 e. The molecular formula is C23H32N4O5S. The van der Waals surface area contributed by atoms with Crippen molar-refractivity contribution in [2.75, 3.05) is 32.7 Å². The monoisotopic (exact) mass is 476 g/mol. The molecular weight excluding hydrogens is 444 g/mol. The number of nitrogens with zero attached hydrogens (tertiary/aromatic N) is 3. The number of hydrogen-bond donors (Lipinski definition) is 1. The molecule has 0 spiro atoms. The van der Waals surface area contributed by atoms with Gasteiger partial charge in [-0.25, -0.2) is 8.42 Å². The Morgan fingerprint density at radius 3 is 2.18 bits per heavy atom. The lowest BCUT2D eigenvalue weighted by Gasteiger charge is -2.34. The van der Waals surface area contributed by atoms with E-state index in [1.165, 1.54) is 4.31 Å². The summed E-state index contributed by atoms with van der Waals surface area (Å²) in [5, 5.41) is 6.51. The molecule has 1 aromatic carbocycles. The van der Waals surface area contributed by atoms with Crippen LogP contribution in [0.4, 0.5) is 0 Å². The molecule has 1 fully saturated rings. The van der Waals surface area contributed by atoms with Crippen LogP contribution in [0.5, 0.6) is 0 Å². The molecule has 2 heterocycles. The zero-order valence-electron chi connectivity index (χ0n) is 19.8. The average molecular weight is 477 g/mol. The minimum absolute atomic E-state index is 0.0118. The van der Waals surface area contributed by atoms with Crippen molar-refractivity contribution in [1.29, 1.82) is 0 Å². The number of aryl methyl sites for hydroxylation is 2. The topological polar surface area (TPSA) is 113 Å². The first-order valence-electron chi connectivity index (χ1n) is 11.0. The summed E-state index contributed by atoms with van der Waals surface area (Å²) in [7, 11) is -3.72. The first kappa shape index (κ1) is 24.9. The molecule has 2 amide bonds. The molecule has 0 bridgehead atoms. The van der Waals surface area contributed by atoms with Gasteiger partial charge in [-0.3, -0.25) is 9.59 Å². The fourth-order valence-corrected chi connectivity index (χ4v) is 5.53. The second-order valence-electron chi connectivity index (χ2n) is 9.27. The molecule has 1 aliphatic heterocycles. The van der Waals surface area contributed by atoms with Crippen LogP contribution in [0.15, 0.2) is 33.7 Å². The first-order chi connectivity index (χ1) is 15.4. The zero-order chi connectivity index (χ0) is 24.4. The van der Waals surface area contributed by atoms with Crippen LogP contribution < -0.4 is 5.32 Å². The molecule has 1 aromatic heterocycles. The first-order valence-corrected chi connectivity index (χ1v) is 12.4. The van der Waals surface area contributed by atoms with Crippen LogP contribution in [0.1, 0.15) is 54.6 Å². The Hall–Kier alpha value is -2.72. The molecule has 1 saturated heterocycles. The number of carbonyl (C=O) groups is 2. The third-order valence-corrected chi connectivity index (χ3v) is 7.94. The minimum Gasteiger partial charge on any atom is -0.360 e. The van der Waals surface area contributed by atoms with Crippen LogP contribution in [-0.2, 0) is 20.2 Å². The molecule has 0 saturated carbocycles. The fourth-order valence-electron chi connectivity index (χ4n) is 3.81. The second-order valence-corrected chi connectivity index (χ2v) is 11.1. The van der Waals surface area contributed by atoms with Gasteiger partial charge in [-0.2, -0.15) is 4.31 Å². The number of carbonyl (C=O) groups excluding carboxylic acids is 2. The van der Waals surface area contributed by atoms with Gasteiger partial charge >= 0.3 is 0 Å². The third-order valence-electron chi connectivity index (χ3n) is 5.79. The van der Waals surface area contributed by atoms with Gasteiger partial charge in [0.2, 0.25) is 15.9 Å². The highest BCUT2D eigenvalue weighted by Gasteiger charge is 2.34. The van der Waals surface area contributed by atoms with Crippen LogP contribution in [0.3, 0.4) is 0 Å². The van der Waals surface area contributed by atoms with Gasteiger partial charge in [-0.15, -0.1) is 0 Å². The SMILES string of the molecule is Cc1noc(C)c1S(=O)(=O)N1CCN(C(=O)CCNC(=O)c2ccc(C(C)(C)C)cc2)CC1. The Morgan fingerprint density at radius 1 is 1.06 bits per heavy atom. The van der Waals surface area contributed by atoms with E-state index in [9.17, 15) is 18.0 Å². The summed E-state index contributed by atoms with van der Waals surface area (Å²) < 4.78 is 32.1. The van der Waals surface area contributed by atoms with Gasteiger partial charge in [0.1, 0.15) is 10.6 Å². The molecule has 3 rings (SSSR count). The number of piperazine rings is 1. The summed E-state index contributed by atoms with van der Waals surface area (Å²) in [5.41, 5.74) is 2.03. The fraction of sp³-hybridized carbons (Fsp3) is 0.522. The van der Waals surface area contributed by atoms with Crippen molar-refractivity contribution < 1.29 is 22.5 Å². The quantitative estimate of drug-likeness (QED) is 0.684. The normalized spacial score (nSPS) is 15.5. The standard InChI is InChI=1S/C23H32N4O5S/c1-16-21(17(2)32-25-16)33(30,31)27-14-12-26(13-15-27)20(28)10-11-24-22(29)18-6-8-19(9-7-18)23(3,4)5/h6-9H,10-15H2,1-5H3,(H,24,29). The maximum atomic E-state index is 12.9. The van der Waals surface area contributed by atoms with Crippen molar-refractivity contribution in [1.82, 2.24) is 19.7 Å². The van der Waals surface area contributed by atoms with E-state index in [-0.39, 0.29) is 53.9 Å². The van der Waals surface area contributed by atoms with Crippen molar-refractivity contribution >= 4 is 21.8 Å². The molecule has 180 valence electrons. The number of nitrogens with one attached hydrogen (secondary N) is 1. The second kappa shape index (κ2) is 9.64. The predicted octanol–water partition coefficient (Wildman–Crippen LogP) is 2.24. The Labute approximate surface area is 195 Å². The highest BCUT2D eigenvalue weighted by Crippen LogP contribution is 2.24. The number of rotatable bonds is 6. The maximum Gasteiger partial charge on any atom is 0.251 e. The van der Waals surface area contributed by atoms with Gasteiger partial charge in [0, 0.05) is 44.7 Å². The lowest BCUT2D eigenvalue weighted by molar-refractivity contribution is -0.132. The Kier molecular flexibility index (Phi) is 7.28. The molecule has 10 heteroatoms. The van der Waals surface area contributed by atoms with E-state index in [1.807, 2.05) is 12.1 Å². The van der Waals surface area contributed by atoms with E-state index >= 15 is 0 Å². The lowest BCUT2D eigenvalue weighted by atomic mass is 9.87. The van der Waals surface area contributed by atoms with E-state index in [2.05, 4.69) is 31.2 Å². The summed E-state index contributed by atoms with van der Waals surface area (Å²) in [4.78, 5) is 26.6. The highest BCUT2D eigenvalue weighted by molar-refractivity contribution is 7.89. The predicted molar refractivity (Wildman–Crippen MR) is 123 cm³/mol. The van der Waals surface area contributed by atoms with Crippen LogP contribution in [0.2, 0.25) is 0 Å². The van der Waals surface area contributed by atoms with Gasteiger partial charge in [0.25, 0.3) is 5.91 Å². The molecule has 9 nitrogen and oxygen atoms in total. The van der Waals surface area contributed by atoms with Crippen molar-refractivity contribution in [3.8, 4) is 0 Å². The number of sulfonamides is 1. The van der Waals surface area contributed by atoms with E-state index in [0.29, 0.717) is 24.3 Å². The summed E-state index contributed by atoms with van der Waals surface area (Å²) >= 11 is 0. The number of amides is 2. The minimum atomic E-state index is -3.72. The summed E-state index contributed by atoms with van der Waals surface area (Å²) in [6.45, 7) is 10.7. The maximum absolute atomic E-state index is 12.9. The van der Waals surface area contributed by atoms with Gasteiger partial charge < -0.3 is 14.7 Å².